The standard InChI is InChI=1S/C22H39N7/c1-3-5-7-8-9-10-11-12-13-15-19-25-16-18(26-19)17(14-6-4-2)20-27-21(23)29-22(24)28-20/h16-17H,3-15H2,1-2H3,(H,25,26)(H4,23,24,27,28,29). The Morgan fingerprint density at radius 2 is 1.34 bits per heavy atom. The summed E-state index contributed by atoms with van der Waals surface area (Å²) in [7, 11) is 0. The lowest BCUT2D eigenvalue weighted by Gasteiger charge is -2.13. The smallest absolute Gasteiger partial charge is 0.225 e. The molecule has 0 amide bonds. The average molecular weight is 402 g/mol. The van der Waals surface area contributed by atoms with Crippen LogP contribution in [0.5, 0.6) is 0 Å². The zero-order valence-corrected chi connectivity index (χ0v) is 18.3. The van der Waals surface area contributed by atoms with Gasteiger partial charge in [-0.2, -0.15) is 15.0 Å². The van der Waals surface area contributed by atoms with Crippen LogP contribution in [0.2, 0.25) is 0 Å². The second-order valence-electron chi connectivity index (χ2n) is 7.96. The van der Waals surface area contributed by atoms with Crippen LogP contribution in [0.1, 0.15) is 114 Å². The molecule has 7 heteroatoms. The Morgan fingerprint density at radius 3 is 1.97 bits per heavy atom. The van der Waals surface area contributed by atoms with E-state index in [1.54, 1.807) is 0 Å². The fraction of sp³-hybridized carbons (Fsp3) is 0.727. The molecular formula is C22H39N7. The molecular weight excluding hydrogens is 362 g/mol. The van der Waals surface area contributed by atoms with Crippen LogP contribution in [-0.2, 0) is 6.42 Å². The van der Waals surface area contributed by atoms with Crippen molar-refractivity contribution in [2.75, 3.05) is 11.5 Å². The minimum absolute atomic E-state index is 0.00401. The summed E-state index contributed by atoms with van der Waals surface area (Å²) in [6.45, 7) is 4.44. The normalized spacial score (nSPS) is 12.3. The van der Waals surface area contributed by atoms with Crippen LogP contribution in [0.3, 0.4) is 0 Å². The molecule has 5 N–H and O–H groups in total. The minimum Gasteiger partial charge on any atom is -0.368 e. The molecule has 2 aromatic rings. The summed E-state index contributed by atoms with van der Waals surface area (Å²) in [6.07, 6.45) is 18.0. The molecule has 0 aromatic carbocycles. The first-order chi connectivity index (χ1) is 14.1. The van der Waals surface area contributed by atoms with E-state index in [0.29, 0.717) is 5.82 Å². The monoisotopic (exact) mass is 401 g/mol. The van der Waals surface area contributed by atoms with Gasteiger partial charge < -0.3 is 16.5 Å². The van der Waals surface area contributed by atoms with Crippen molar-refractivity contribution in [3.05, 3.63) is 23.5 Å². The summed E-state index contributed by atoms with van der Waals surface area (Å²) < 4.78 is 0. The number of nitrogens with one attached hydrogen (secondary N) is 1. The zero-order valence-electron chi connectivity index (χ0n) is 18.3. The summed E-state index contributed by atoms with van der Waals surface area (Å²) in [5.74, 6) is 1.98. The van der Waals surface area contributed by atoms with Crippen LogP contribution in [0.25, 0.3) is 0 Å². The highest BCUT2D eigenvalue weighted by atomic mass is 15.1. The molecule has 0 saturated heterocycles. The number of unbranched alkanes of at least 4 members (excludes halogenated alkanes) is 9. The van der Waals surface area contributed by atoms with Crippen LogP contribution in [0.4, 0.5) is 11.9 Å². The molecule has 0 radical (unpaired) electrons. The number of aryl methyl sites for hydroxylation is 1. The molecule has 7 nitrogen and oxygen atoms in total. The summed E-state index contributed by atoms with van der Waals surface area (Å²) in [4.78, 5) is 20.7. The predicted octanol–water partition coefficient (Wildman–Crippen LogP) is 5.15. The number of imidazole rings is 1. The van der Waals surface area contributed by atoms with Gasteiger partial charge in [0.2, 0.25) is 11.9 Å². The molecule has 1 atom stereocenters. The van der Waals surface area contributed by atoms with Crippen LogP contribution in [0.15, 0.2) is 6.20 Å². The first-order valence-corrected chi connectivity index (χ1v) is 11.4. The van der Waals surface area contributed by atoms with Crippen LogP contribution >= 0.6 is 0 Å². The van der Waals surface area contributed by atoms with Crippen LogP contribution in [0, 0.1) is 0 Å². The van der Waals surface area contributed by atoms with Gasteiger partial charge >= 0.3 is 0 Å². The Hall–Kier alpha value is -2.18. The second-order valence-corrected chi connectivity index (χ2v) is 7.96. The maximum Gasteiger partial charge on any atom is 0.225 e. The lowest BCUT2D eigenvalue weighted by Crippen LogP contribution is -2.12. The SMILES string of the molecule is CCCCCCCCCCCc1nc(C(CCCC)c2nc(N)nc(N)n2)c[nH]1. The number of anilines is 2. The molecule has 0 aliphatic carbocycles. The Morgan fingerprint density at radius 1 is 0.759 bits per heavy atom. The van der Waals surface area contributed by atoms with Crippen molar-refractivity contribution in [3.63, 3.8) is 0 Å². The highest BCUT2D eigenvalue weighted by molar-refractivity contribution is 5.29. The van der Waals surface area contributed by atoms with E-state index in [0.717, 1.165) is 37.2 Å². The third-order valence-electron chi connectivity index (χ3n) is 5.37. The first-order valence-electron chi connectivity index (χ1n) is 11.4. The van der Waals surface area contributed by atoms with Crippen molar-refractivity contribution in [2.45, 2.75) is 103 Å². The molecule has 0 saturated carbocycles. The highest BCUT2D eigenvalue weighted by Gasteiger charge is 2.21. The van der Waals surface area contributed by atoms with Gasteiger partial charge in [0.05, 0.1) is 11.6 Å². The van der Waals surface area contributed by atoms with E-state index in [-0.39, 0.29) is 17.8 Å². The van der Waals surface area contributed by atoms with Crippen molar-refractivity contribution in [2.24, 2.45) is 0 Å². The number of H-pyrrole nitrogens is 1. The number of nitrogens with two attached hydrogens (primary N) is 2. The third-order valence-corrected chi connectivity index (χ3v) is 5.37. The molecule has 2 heterocycles. The zero-order chi connectivity index (χ0) is 20.9. The van der Waals surface area contributed by atoms with E-state index < -0.39 is 0 Å². The molecule has 0 aliphatic heterocycles. The van der Waals surface area contributed by atoms with Crippen molar-refractivity contribution in [1.82, 2.24) is 24.9 Å². The first kappa shape index (κ1) is 23.1. The molecule has 29 heavy (non-hydrogen) atoms. The van der Waals surface area contributed by atoms with Gasteiger partial charge in [0.15, 0.2) is 0 Å². The lowest BCUT2D eigenvalue weighted by atomic mass is 9.98. The van der Waals surface area contributed by atoms with Gasteiger partial charge in [0.1, 0.15) is 11.6 Å². The Kier molecular flexibility index (Phi) is 10.5. The number of nitrogens with zero attached hydrogens (tertiary/aromatic N) is 4. The molecule has 0 fully saturated rings. The van der Waals surface area contributed by atoms with Gasteiger partial charge in [0.25, 0.3) is 0 Å². The Labute approximate surface area is 175 Å². The molecule has 0 bridgehead atoms. The molecule has 0 spiro atoms. The van der Waals surface area contributed by atoms with E-state index in [2.05, 4.69) is 33.8 Å². The number of hydrogen-bond acceptors (Lipinski definition) is 6. The summed E-state index contributed by atoms with van der Waals surface area (Å²) >= 11 is 0. The van der Waals surface area contributed by atoms with Gasteiger partial charge in [-0.25, -0.2) is 4.98 Å². The molecule has 1 unspecified atom stereocenters. The number of hydrogen-bond donors (Lipinski definition) is 3. The molecule has 2 aromatic heterocycles. The van der Waals surface area contributed by atoms with Gasteiger partial charge in [-0.3, -0.25) is 0 Å². The average Bonchev–Trinajstić information content (AvgIpc) is 3.15. The summed E-state index contributed by atoms with van der Waals surface area (Å²) in [5, 5.41) is 0. The molecule has 162 valence electrons. The maximum atomic E-state index is 5.78. The largest absolute Gasteiger partial charge is 0.368 e. The number of aromatic nitrogens is 5. The van der Waals surface area contributed by atoms with Crippen molar-refractivity contribution >= 4 is 11.9 Å². The fourth-order valence-electron chi connectivity index (χ4n) is 3.69. The molecule has 0 aliphatic rings. The van der Waals surface area contributed by atoms with Gasteiger partial charge in [-0.05, 0) is 12.8 Å². The van der Waals surface area contributed by atoms with E-state index in [1.807, 2.05) is 6.20 Å². The van der Waals surface area contributed by atoms with E-state index >= 15 is 0 Å². The third kappa shape index (κ3) is 8.38. The summed E-state index contributed by atoms with van der Waals surface area (Å²) in [6, 6.07) is 0. The van der Waals surface area contributed by atoms with Gasteiger partial charge in [0, 0.05) is 12.6 Å². The van der Waals surface area contributed by atoms with E-state index in [9.17, 15) is 0 Å². The van der Waals surface area contributed by atoms with Crippen LogP contribution in [-0.4, -0.2) is 24.9 Å². The maximum absolute atomic E-state index is 5.78. The lowest BCUT2D eigenvalue weighted by molar-refractivity contribution is 0.562. The second kappa shape index (κ2) is 13.1. The van der Waals surface area contributed by atoms with E-state index in [1.165, 1.54) is 57.8 Å². The quantitative estimate of drug-likeness (QED) is 0.355. The van der Waals surface area contributed by atoms with Crippen molar-refractivity contribution in [1.29, 1.82) is 0 Å². The van der Waals surface area contributed by atoms with Gasteiger partial charge in [-0.1, -0.05) is 78.1 Å². The minimum atomic E-state index is -0.00401. The Bertz CT molecular complexity index is 678. The van der Waals surface area contributed by atoms with Gasteiger partial charge in [-0.15, -0.1) is 0 Å². The van der Waals surface area contributed by atoms with Crippen molar-refractivity contribution in [3.8, 4) is 0 Å². The molecule has 2 rings (SSSR count). The summed E-state index contributed by atoms with van der Waals surface area (Å²) in [5.41, 5.74) is 12.5. The predicted molar refractivity (Wildman–Crippen MR) is 120 cm³/mol. The van der Waals surface area contributed by atoms with Crippen molar-refractivity contribution < 1.29 is 0 Å². The Balaban J connectivity index is 1.83. The number of nitrogen functional groups attached to an aromatic ring is 2. The van der Waals surface area contributed by atoms with E-state index in [4.69, 9.17) is 16.5 Å². The topological polar surface area (TPSA) is 119 Å². The number of aromatic amines is 1. The van der Waals surface area contributed by atoms with Crippen LogP contribution < -0.4 is 11.5 Å². The fourth-order valence-corrected chi connectivity index (χ4v) is 3.69. The highest BCUT2D eigenvalue weighted by Crippen LogP contribution is 2.27. The number of rotatable bonds is 15.